The van der Waals surface area contributed by atoms with E-state index in [0.29, 0.717) is 54.1 Å². The van der Waals surface area contributed by atoms with E-state index in [2.05, 4.69) is 5.32 Å². The lowest BCUT2D eigenvalue weighted by atomic mass is 10.1. The molecule has 2 aromatic carbocycles. The lowest BCUT2D eigenvalue weighted by Gasteiger charge is -2.22. The van der Waals surface area contributed by atoms with E-state index in [0.717, 1.165) is 0 Å². The molecule has 146 valence electrons. The fraction of sp³-hybridized carbons (Fsp3) is 0.300. The first kappa shape index (κ1) is 18.0. The average Bonchev–Trinajstić information content (AvgIpc) is 3.09. The van der Waals surface area contributed by atoms with Crippen molar-refractivity contribution in [1.29, 1.82) is 0 Å². The number of nitrogens with one attached hydrogen (secondary N) is 1. The van der Waals surface area contributed by atoms with Crippen LogP contribution in [0.3, 0.4) is 0 Å². The Labute approximate surface area is 162 Å². The minimum Gasteiger partial charge on any atom is -0.495 e. The number of nitrogen functional groups attached to an aromatic ring is 1. The van der Waals surface area contributed by atoms with E-state index in [1.54, 1.807) is 41.3 Å². The zero-order valence-electron chi connectivity index (χ0n) is 15.4. The van der Waals surface area contributed by atoms with Crippen molar-refractivity contribution in [3.05, 3.63) is 36.4 Å². The average molecular weight is 383 g/mol. The molecular weight excluding hydrogens is 362 g/mol. The molecule has 0 bridgehead atoms. The monoisotopic (exact) mass is 383 g/mol. The number of benzene rings is 2. The van der Waals surface area contributed by atoms with E-state index < -0.39 is 5.92 Å². The summed E-state index contributed by atoms with van der Waals surface area (Å²) in [7, 11) is 1.53. The molecule has 1 saturated heterocycles. The van der Waals surface area contributed by atoms with Gasteiger partial charge in [0.2, 0.25) is 11.8 Å². The van der Waals surface area contributed by atoms with Gasteiger partial charge in [0.15, 0.2) is 11.5 Å². The van der Waals surface area contributed by atoms with Crippen molar-refractivity contribution in [3.8, 4) is 17.2 Å². The van der Waals surface area contributed by atoms with Gasteiger partial charge in [-0.3, -0.25) is 9.59 Å². The van der Waals surface area contributed by atoms with Crippen LogP contribution in [0.5, 0.6) is 17.2 Å². The Balaban J connectivity index is 1.45. The van der Waals surface area contributed by atoms with Crippen LogP contribution in [0.15, 0.2) is 36.4 Å². The Kier molecular flexibility index (Phi) is 4.68. The van der Waals surface area contributed by atoms with E-state index in [-0.39, 0.29) is 18.2 Å². The fourth-order valence-corrected chi connectivity index (χ4v) is 3.39. The second-order valence-electron chi connectivity index (χ2n) is 6.68. The van der Waals surface area contributed by atoms with Crippen LogP contribution >= 0.6 is 0 Å². The van der Waals surface area contributed by atoms with Gasteiger partial charge in [0, 0.05) is 30.4 Å². The second-order valence-corrected chi connectivity index (χ2v) is 6.68. The van der Waals surface area contributed by atoms with Crippen LogP contribution < -0.4 is 30.2 Å². The number of carbonyl (C=O) groups is 2. The van der Waals surface area contributed by atoms with Crippen LogP contribution in [0.4, 0.5) is 17.1 Å². The summed E-state index contributed by atoms with van der Waals surface area (Å²) in [5.41, 5.74) is 7.56. The highest BCUT2D eigenvalue weighted by atomic mass is 16.6. The van der Waals surface area contributed by atoms with Crippen LogP contribution in [0.25, 0.3) is 0 Å². The van der Waals surface area contributed by atoms with Gasteiger partial charge in [-0.05, 0) is 30.3 Å². The summed E-state index contributed by atoms with van der Waals surface area (Å²) in [6.07, 6.45) is 0.145. The first-order chi connectivity index (χ1) is 13.5. The molecule has 1 fully saturated rings. The summed E-state index contributed by atoms with van der Waals surface area (Å²) in [5.74, 6) is 1.03. The van der Waals surface area contributed by atoms with Gasteiger partial charge in [-0.25, -0.2) is 0 Å². The molecule has 1 unspecified atom stereocenters. The lowest BCUT2D eigenvalue weighted by molar-refractivity contribution is -0.122. The number of ether oxygens (including phenoxy) is 3. The molecule has 0 spiro atoms. The molecule has 2 aliphatic heterocycles. The summed E-state index contributed by atoms with van der Waals surface area (Å²) in [6.45, 7) is 1.28. The number of carbonyl (C=O) groups excluding carboxylic acids is 2. The molecule has 8 heteroatoms. The normalized spacial score (nSPS) is 18.1. The Morgan fingerprint density at radius 3 is 2.71 bits per heavy atom. The largest absolute Gasteiger partial charge is 0.495 e. The van der Waals surface area contributed by atoms with Crippen molar-refractivity contribution in [2.45, 2.75) is 6.42 Å². The van der Waals surface area contributed by atoms with Crippen molar-refractivity contribution in [2.24, 2.45) is 5.92 Å². The number of hydrogen-bond donors (Lipinski definition) is 2. The number of fused-ring (bicyclic) bond motifs is 1. The van der Waals surface area contributed by atoms with Crippen LogP contribution in [0.1, 0.15) is 6.42 Å². The van der Waals surface area contributed by atoms with E-state index in [9.17, 15) is 9.59 Å². The van der Waals surface area contributed by atoms with Crippen molar-refractivity contribution in [3.63, 3.8) is 0 Å². The maximum Gasteiger partial charge on any atom is 0.229 e. The third kappa shape index (κ3) is 3.40. The summed E-state index contributed by atoms with van der Waals surface area (Å²) < 4.78 is 16.2. The topological polar surface area (TPSA) is 103 Å². The molecule has 0 aliphatic carbocycles. The van der Waals surface area contributed by atoms with Gasteiger partial charge in [-0.15, -0.1) is 0 Å². The first-order valence-electron chi connectivity index (χ1n) is 8.99. The van der Waals surface area contributed by atoms with E-state index in [4.69, 9.17) is 19.9 Å². The van der Waals surface area contributed by atoms with Gasteiger partial charge in [-0.2, -0.15) is 0 Å². The quantitative estimate of drug-likeness (QED) is 0.783. The van der Waals surface area contributed by atoms with Crippen molar-refractivity contribution in [2.75, 3.05) is 42.8 Å². The molecule has 2 heterocycles. The Hall–Kier alpha value is -3.42. The van der Waals surface area contributed by atoms with Crippen LogP contribution in [0.2, 0.25) is 0 Å². The molecule has 8 nitrogen and oxygen atoms in total. The van der Waals surface area contributed by atoms with Gasteiger partial charge in [0.05, 0.1) is 18.7 Å². The van der Waals surface area contributed by atoms with Crippen molar-refractivity contribution in [1.82, 2.24) is 0 Å². The fourth-order valence-electron chi connectivity index (χ4n) is 3.39. The number of rotatable bonds is 4. The minimum atomic E-state index is -0.455. The predicted molar refractivity (Wildman–Crippen MR) is 104 cm³/mol. The summed E-state index contributed by atoms with van der Waals surface area (Å²) >= 11 is 0. The highest BCUT2D eigenvalue weighted by Gasteiger charge is 2.35. The molecular formula is C20H21N3O5. The maximum atomic E-state index is 12.6. The smallest absolute Gasteiger partial charge is 0.229 e. The van der Waals surface area contributed by atoms with Crippen molar-refractivity contribution < 1.29 is 23.8 Å². The number of methoxy groups -OCH3 is 1. The van der Waals surface area contributed by atoms with Crippen LogP contribution in [0, 0.1) is 5.92 Å². The zero-order chi connectivity index (χ0) is 19.7. The number of anilines is 3. The second kappa shape index (κ2) is 7.30. The molecule has 2 aromatic rings. The molecule has 2 aliphatic rings. The Morgan fingerprint density at radius 1 is 1.18 bits per heavy atom. The number of amides is 2. The zero-order valence-corrected chi connectivity index (χ0v) is 15.4. The van der Waals surface area contributed by atoms with Gasteiger partial charge in [0.1, 0.15) is 19.0 Å². The summed E-state index contributed by atoms with van der Waals surface area (Å²) in [5, 5.41) is 2.82. The predicted octanol–water partition coefficient (Wildman–Crippen LogP) is 2.04. The standard InChI is InChI=1S/C20H21N3O5/c1-26-16-4-2-13(9-15(16)21)22-20(25)12-8-19(24)23(11-12)14-3-5-17-18(10-14)28-7-6-27-17/h2-5,9-10,12H,6-8,11,21H2,1H3,(H,22,25). The molecule has 0 saturated carbocycles. The molecule has 28 heavy (non-hydrogen) atoms. The third-order valence-corrected chi connectivity index (χ3v) is 4.83. The molecule has 3 N–H and O–H groups in total. The van der Waals surface area contributed by atoms with E-state index in [1.165, 1.54) is 7.11 Å². The number of nitrogens with two attached hydrogens (primary N) is 1. The molecule has 1 atom stereocenters. The maximum absolute atomic E-state index is 12.6. The SMILES string of the molecule is COc1ccc(NC(=O)C2CC(=O)N(c3ccc4c(c3)OCCO4)C2)cc1N. The van der Waals surface area contributed by atoms with E-state index in [1.807, 2.05) is 0 Å². The summed E-state index contributed by atoms with van der Waals surface area (Å²) in [4.78, 5) is 26.7. The highest BCUT2D eigenvalue weighted by molar-refractivity contribution is 6.03. The number of hydrogen-bond acceptors (Lipinski definition) is 6. The van der Waals surface area contributed by atoms with Gasteiger partial charge < -0.3 is 30.2 Å². The molecule has 0 aromatic heterocycles. The van der Waals surface area contributed by atoms with E-state index >= 15 is 0 Å². The Bertz CT molecular complexity index is 930. The summed E-state index contributed by atoms with van der Waals surface area (Å²) in [6, 6.07) is 10.4. The van der Waals surface area contributed by atoms with Gasteiger partial charge >= 0.3 is 0 Å². The minimum absolute atomic E-state index is 0.105. The van der Waals surface area contributed by atoms with Gasteiger partial charge in [0.25, 0.3) is 0 Å². The first-order valence-corrected chi connectivity index (χ1v) is 8.99. The van der Waals surface area contributed by atoms with Crippen molar-refractivity contribution >= 4 is 28.9 Å². The lowest BCUT2D eigenvalue weighted by Crippen LogP contribution is -2.28. The third-order valence-electron chi connectivity index (χ3n) is 4.83. The van der Waals surface area contributed by atoms with Crippen LogP contribution in [-0.4, -0.2) is 38.7 Å². The molecule has 2 amide bonds. The highest BCUT2D eigenvalue weighted by Crippen LogP contribution is 2.36. The van der Waals surface area contributed by atoms with Crippen LogP contribution in [-0.2, 0) is 9.59 Å². The van der Waals surface area contributed by atoms with Gasteiger partial charge in [-0.1, -0.05) is 0 Å². The Morgan fingerprint density at radius 2 is 1.96 bits per heavy atom. The number of nitrogens with zero attached hydrogens (tertiary/aromatic N) is 1. The molecule has 0 radical (unpaired) electrons. The molecule has 4 rings (SSSR count).